The predicted molar refractivity (Wildman–Crippen MR) is 88.8 cm³/mol. The summed E-state index contributed by atoms with van der Waals surface area (Å²) >= 11 is 0. The van der Waals surface area contributed by atoms with E-state index < -0.39 is 0 Å². The van der Waals surface area contributed by atoms with Crippen LogP contribution in [0.2, 0.25) is 0 Å². The van der Waals surface area contributed by atoms with Gasteiger partial charge < -0.3 is 20.7 Å². The Balaban J connectivity index is 1.84. The largest absolute Gasteiger partial charge is 0.379 e. The Labute approximate surface area is 136 Å². The lowest BCUT2D eigenvalue weighted by Crippen LogP contribution is -2.42. The minimum Gasteiger partial charge on any atom is -0.379 e. The van der Waals surface area contributed by atoms with Crippen LogP contribution in [0.15, 0.2) is 18.2 Å². The zero-order valence-electron chi connectivity index (χ0n) is 13.6. The summed E-state index contributed by atoms with van der Waals surface area (Å²) in [7, 11) is 1.58. The number of hydrogen-bond donors (Lipinski definition) is 3. The van der Waals surface area contributed by atoms with Crippen LogP contribution in [-0.4, -0.2) is 63.3 Å². The number of rotatable bonds is 5. The number of ether oxygens (including phenoxy) is 1. The van der Waals surface area contributed by atoms with Crippen LogP contribution in [-0.2, 0) is 4.74 Å². The first-order chi connectivity index (χ1) is 11.1. The highest BCUT2D eigenvalue weighted by atomic mass is 16.5. The second-order valence-corrected chi connectivity index (χ2v) is 5.39. The first-order valence-electron chi connectivity index (χ1n) is 7.78. The molecule has 3 amide bonds. The molecule has 23 heavy (non-hydrogen) atoms. The molecular formula is C16H24N4O3. The number of carbonyl (C=O) groups excluding carboxylic acids is 2. The van der Waals surface area contributed by atoms with Crippen molar-refractivity contribution in [2.75, 3.05) is 51.8 Å². The average molecular weight is 320 g/mol. The van der Waals surface area contributed by atoms with Crippen LogP contribution in [0.1, 0.15) is 15.9 Å². The maximum Gasteiger partial charge on any atom is 0.319 e. The lowest BCUT2D eigenvalue weighted by Gasteiger charge is -2.26. The molecule has 0 spiro atoms. The molecule has 0 aromatic heterocycles. The zero-order valence-corrected chi connectivity index (χ0v) is 13.6. The van der Waals surface area contributed by atoms with Crippen molar-refractivity contribution in [2.45, 2.75) is 6.92 Å². The van der Waals surface area contributed by atoms with E-state index in [1.807, 2.05) is 6.92 Å². The van der Waals surface area contributed by atoms with Crippen molar-refractivity contribution >= 4 is 17.6 Å². The van der Waals surface area contributed by atoms with E-state index in [-0.39, 0.29) is 11.9 Å². The maximum atomic E-state index is 12.0. The van der Waals surface area contributed by atoms with E-state index in [4.69, 9.17) is 4.74 Å². The van der Waals surface area contributed by atoms with E-state index in [2.05, 4.69) is 20.9 Å². The van der Waals surface area contributed by atoms with Crippen molar-refractivity contribution in [3.05, 3.63) is 29.3 Å². The fraction of sp³-hybridized carbons (Fsp3) is 0.500. The first-order valence-corrected chi connectivity index (χ1v) is 7.78. The Morgan fingerprint density at radius 2 is 2.00 bits per heavy atom. The van der Waals surface area contributed by atoms with Crippen molar-refractivity contribution in [2.24, 2.45) is 0 Å². The molecule has 1 aliphatic heterocycles. The minimum atomic E-state index is -0.268. The molecule has 1 aromatic carbocycles. The number of benzene rings is 1. The highest BCUT2D eigenvalue weighted by Gasteiger charge is 2.13. The van der Waals surface area contributed by atoms with E-state index in [0.29, 0.717) is 17.8 Å². The number of nitrogens with zero attached hydrogens (tertiary/aromatic N) is 1. The highest BCUT2D eigenvalue weighted by Crippen LogP contribution is 2.18. The number of nitrogens with one attached hydrogen (secondary N) is 3. The van der Waals surface area contributed by atoms with Gasteiger partial charge in [0.2, 0.25) is 0 Å². The predicted octanol–water partition coefficient (Wildman–Crippen LogP) is 0.808. The van der Waals surface area contributed by atoms with Gasteiger partial charge in [-0.3, -0.25) is 9.69 Å². The monoisotopic (exact) mass is 320 g/mol. The summed E-state index contributed by atoms with van der Waals surface area (Å²) < 4.78 is 5.29. The summed E-state index contributed by atoms with van der Waals surface area (Å²) in [4.78, 5) is 26.0. The Hall–Kier alpha value is -2.12. The lowest BCUT2D eigenvalue weighted by atomic mass is 10.1. The summed E-state index contributed by atoms with van der Waals surface area (Å²) in [5.41, 5.74) is 1.93. The Morgan fingerprint density at radius 3 is 2.70 bits per heavy atom. The van der Waals surface area contributed by atoms with Crippen LogP contribution in [0, 0.1) is 6.92 Å². The van der Waals surface area contributed by atoms with Crippen LogP contribution in [0.3, 0.4) is 0 Å². The van der Waals surface area contributed by atoms with Gasteiger partial charge in [0.1, 0.15) is 0 Å². The van der Waals surface area contributed by atoms with Gasteiger partial charge in [-0.15, -0.1) is 0 Å². The highest BCUT2D eigenvalue weighted by molar-refractivity contribution is 5.98. The Bertz CT molecular complexity index is 556. The second kappa shape index (κ2) is 8.50. The number of anilines is 1. The van der Waals surface area contributed by atoms with Crippen molar-refractivity contribution in [3.63, 3.8) is 0 Å². The van der Waals surface area contributed by atoms with Gasteiger partial charge in [-0.2, -0.15) is 0 Å². The molecule has 126 valence electrons. The van der Waals surface area contributed by atoms with Crippen LogP contribution in [0.25, 0.3) is 0 Å². The molecule has 2 rings (SSSR count). The summed E-state index contributed by atoms with van der Waals surface area (Å²) in [6.07, 6.45) is 0. The van der Waals surface area contributed by atoms with Gasteiger partial charge in [0.05, 0.1) is 13.2 Å². The van der Waals surface area contributed by atoms with E-state index in [1.54, 1.807) is 25.2 Å². The van der Waals surface area contributed by atoms with Crippen molar-refractivity contribution in [3.8, 4) is 0 Å². The van der Waals surface area contributed by atoms with Gasteiger partial charge >= 0.3 is 6.03 Å². The molecule has 0 radical (unpaired) electrons. The van der Waals surface area contributed by atoms with E-state index >= 15 is 0 Å². The molecule has 1 aromatic rings. The van der Waals surface area contributed by atoms with Gasteiger partial charge in [-0.1, -0.05) is 6.07 Å². The van der Waals surface area contributed by atoms with Crippen LogP contribution in [0.4, 0.5) is 10.5 Å². The minimum absolute atomic E-state index is 0.168. The van der Waals surface area contributed by atoms with Gasteiger partial charge in [0.25, 0.3) is 5.91 Å². The van der Waals surface area contributed by atoms with Crippen molar-refractivity contribution < 1.29 is 14.3 Å². The fourth-order valence-electron chi connectivity index (χ4n) is 2.47. The quantitative estimate of drug-likeness (QED) is 0.750. The first kappa shape index (κ1) is 17.2. The summed E-state index contributed by atoms with van der Waals surface area (Å²) in [5.74, 6) is -0.168. The van der Waals surface area contributed by atoms with Gasteiger partial charge in [-0.25, -0.2) is 4.79 Å². The molecule has 7 nitrogen and oxygen atoms in total. The number of amides is 3. The number of morpholine rings is 1. The van der Waals surface area contributed by atoms with E-state index in [1.165, 1.54) is 0 Å². The molecule has 0 aliphatic carbocycles. The van der Waals surface area contributed by atoms with Crippen molar-refractivity contribution in [1.82, 2.24) is 15.5 Å². The van der Waals surface area contributed by atoms with E-state index in [9.17, 15) is 9.59 Å². The third-order valence-electron chi connectivity index (χ3n) is 3.87. The van der Waals surface area contributed by atoms with Crippen LogP contribution in [0.5, 0.6) is 0 Å². The fourth-order valence-corrected chi connectivity index (χ4v) is 2.47. The Kier molecular flexibility index (Phi) is 6.37. The van der Waals surface area contributed by atoms with Gasteiger partial charge in [0, 0.05) is 44.5 Å². The molecule has 1 heterocycles. The number of carbonyl (C=O) groups is 2. The number of hydrogen-bond acceptors (Lipinski definition) is 4. The summed E-state index contributed by atoms with van der Waals surface area (Å²) in [6, 6.07) is 5.00. The standard InChI is InChI=1S/C16H24N4O3/c1-12-13(15(21)17-2)4-3-5-14(12)19-16(22)18-6-7-20-8-10-23-11-9-20/h3-5H,6-11H2,1-2H3,(H,17,21)(H2,18,19,22). The molecule has 0 unspecified atom stereocenters. The maximum absolute atomic E-state index is 12.0. The van der Waals surface area contributed by atoms with Gasteiger partial charge in [0.15, 0.2) is 0 Å². The third-order valence-corrected chi connectivity index (χ3v) is 3.87. The topological polar surface area (TPSA) is 82.7 Å². The van der Waals surface area contributed by atoms with Crippen LogP contribution < -0.4 is 16.0 Å². The molecule has 1 saturated heterocycles. The molecular weight excluding hydrogens is 296 g/mol. The normalized spacial score (nSPS) is 15.0. The molecule has 0 bridgehead atoms. The molecule has 0 atom stereocenters. The smallest absolute Gasteiger partial charge is 0.319 e. The van der Waals surface area contributed by atoms with Crippen LogP contribution >= 0.6 is 0 Å². The summed E-state index contributed by atoms with van der Waals surface area (Å²) in [6.45, 7) is 6.48. The molecule has 0 saturated carbocycles. The SMILES string of the molecule is CNC(=O)c1cccc(NC(=O)NCCN2CCOCC2)c1C. The Morgan fingerprint density at radius 1 is 1.26 bits per heavy atom. The third kappa shape index (κ3) is 4.94. The van der Waals surface area contributed by atoms with E-state index in [0.717, 1.165) is 38.4 Å². The average Bonchev–Trinajstić information content (AvgIpc) is 2.57. The zero-order chi connectivity index (χ0) is 16.7. The molecule has 1 aliphatic rings. The van der Waals surface area contributed by atoms with Crippen molar-refractivity contribution in [1.29, 1.82) is 0 Å². The second-order valence-electron chi connectivity index (χ2n) is 5.39. The number of urea groups is 1. The molecule has 1 fully saturated rings. The molecule has 3 N–H and O–H groups in total. The summed E-state index contributed by atoms with van der Waals surface area (Å²) in [5, 5.41) is 8.22. The lowest BCUT2D eigenvalue weighted by molar-refractivity contribution is 0.0388. The van der Waals surface area contributed by atoms with Gasteiger partial charge in [-0.05, 0) is 24.6 Å². The molecule has 7 heteroatoms.